The maximum Gasteiger partial charge on any atom is 0.297 e. The molecule has 1 fully saturated rings. The Balaban J connectivity index is 1.55. The zero-order valence-corrected chi connectivity index (χ0v) is 16.7. The first-order valence-electron chi connectivity index (χ1n) is 10.1. The normalized spacial score (nSPS) is 14.7. The van der Waals surface area contributed by atoms with Crippen LogP contribution in [0, 0.1) is 0 Å². The van der Waals surface area contributed by atoms with Gasteiger partial charge in [-0.25, -0.2) is 29.3 Å². The third kappa shape index (κ3) is 4.54. The Kier molecular flexibility index (Phi) is 6.44. The lowest BCUT2D eigenvalue weighted by atomic mass is 9.97. The predicted octanol–water partition coefficient (Wildman–Crippen LogP) is 3.39. The summed E-state index contributed by atoms with van der Waals surface area (Å²) in [5.41, 5.74) is 16.0. The Labute approximate surface area is 173 Å². The number of halogens is 2. The van der Waals surface area contributed by atoms with Crippen molar-refractivity contribution >= 4 is 0 Å². The molecule has 0 atom stereocenters. The summed E-state index contributed by atoms with van der Waals surface area (Å²) in [6, 6.07) is 16.0. The third-order valence-electron chi connectivity index (χ3n) is 5.06. The van der Waals surface area contributed by atoms with E-state index in [1.165, 1.54) is 4.68 Å². The SMILES string of the molecule is CCCCc1nc(C(F)F)n(Cc2ccc(-c3ccccc3C3NNNN3)cc2)n1. The van der Waals surface area contributed by atoms with Gasteiger partial charge in [-0.3, -0.25) is 0 Å². The molecule has 158 valence electrons. The van der Waals surface area contributed by atoms with E-state index in [4.69, 9.17) is 0 Å². The molecule has 30 heavy (non-hydrogen) atoms. The highest BCUT2D eigenvalue weighted by Crippen LogP contribution is 2.28. The van der Waals surface area contributed by atoms with Crippen LogP contribution in [0.1, 0.15) is 55.1 Å². The minimum absolute atomic E-state index is 0.0776. The van der Waals surface area contributed by atoms with Crippen LogP contribution in [-0.2, 0) is 13.0 Å². The van der Waals surface area contributed by atoms with Crippen LogP contribution in [0.5, 0.6) is 0 Å². The second kappa shape index (κ2) is 9.40. The zero-order valence-electron chi connectivity index (χ0n) is 16.7. The number of aryl methyl sites for hydroxylation is 1. The number of alkyl halides is 2. The highest BCUT2D eigenvalue weighted by molar-refractivity contribution is 5.68. The lowest BCUT2D eigenvalue weighted by Crippen LogP contribution is -2.33. The molecule has 0 aliphatic carbocycles. The summed E-state index contributed by atoms with van der Waals surface area (Å²) in [4.78, 5) is 4.04. The van der Waals surface area contributed by atoms with Gasteiger partial charge in [0.1, 0.15) is 6.17 Å². The largest absolute Gasteiger partial charge is 0.297 e. The molecule has 0 spiro atoms. The average molecular weight is 413 g/mol. The van der Waals surface area contributed by atoms with Gasteiger partial charge in [0, 0.05) is 6.42 Å². The number of hydrogen-bond acceptors (Lipinski definition) is 6. The van der Waals surface area contributed by atoms with Crippen molar-refractivity contribution in [3.63, 3.8) is 0 Å². The van der Waals surface area contributed by atoms with Crippen LogP contribution in [0.3, 0.4) is 0 Å². The molecule has 3 aromatic rings. The molecular formula is C21H25F2N7. The number of rotatable bonds is 8. The molecule has 1 aliphatic rings. The van der Waals surface area contributed by atoms with Gasteiger partial charge in [0.05, 0.1) is 6.54 Å². The van der Waals surface area contributed by atoms with Gasteiger partial charge < -0.3 is 0 Å². The Morgan fingerprint density at radius 2 is 1.77 bits per heavy atom. The topological polar surface area (TPSA) is 78.8 Å². The maximum absolute atomic E-state index is 13.4. The molecule has 0 unspecified atom stereocenters. The van der Waals surface area contributed by atoms with Crippen molar-refractivity contribution in [1.82, 2.24) is 36.7 Å². The minimum Gasteiger partial charge on any atom is -0.240 e. The van der Waals surface area contributed by atoms with Gasteiger partial charge >= 0.3 is 0 Å². The lowest BCUT2D eigenvalue weighted by molar-refractivity contribution is 0.134. The smallest absolute Gasteiger partial charge is 0.240 e. The van der Waals surface area contributed by atoms with Crippen LogP contribution >= 0.6 is 0 Å². The molecular weight excluding hydrogens is 388 g/mol. The summed E-state index contributed by atoms with van der Waals surface area (Å²) < 4.78 is 28.1. The molecule has 1 aromatic heterocycles. The van der Waals surface area contributed by atoms with E-state index in [9.17, 15) is 8.78 Å². The van der Waals surface area contributed by atoms with Crippen molar-refractivity contribution in [3.05, 3.63) is 71.3 Å². The Morgan fingerprint density at radius 3 is 2.47 bits per heavy atom. The third-order valence-corrected chi connectivity index (χ3v) is 5.06. The molecule has 0 radical (unpaired) electrons. The van der Waals surface area contributed by atoms with Crippen LogP contribution in [0.2, 0.25) is 0 Å². The van der Waals surface area contributed by atoms with Crippen LogP contribution < -0.4 is 21.9 Å². The van der Waals surface area contributed by atoms with Gasteiger partial charge in [0.15, 0.2) is 11.6 Å². The molecule has 2 heterocycles. The number of hydrazine groups is 3. The van der Waals surface area contributed by atoms with E-state index in [0.717, 1.165) is 35.1 Å². The summed E-state index contributed by atoms with van der Waals surface area (Å²) in [5.74, 6) is 0.213. The summed E-state index contributed by atoms with van der Waals surface area (Å²) in [6.45, 7) is 2.32. The minimum atomic E-state index is -2.65. The number of hydrogen-bond donors (Lipinski definition) is 4. The summed E-state index contributed by atoms with van der Waals surface area (Å²) in [7, 11) is 0. The molecule has 1 aliphatic heterocycles. The number of unbranched alkanes of at least 4 members (excludes halogenated alkanes) is 1. The summed E-state index contributed by atoms with van der Waals surface area (Å²) >= 11 is 0. The Hall–Kier alpha value is -2.72. The fraction of sp³-hybridized carbons (Fsp3) is 0.333. The van der Waals surface area contributed by atoms with Crippen molar-refractivity contribution < 1.29 is 8.78 Å². The van der Waals surface area contributed by atoms with Crippen LogP contribution in [0.15, 0.2) is 48.5 Å². The highest BCUT2D eigenvalue weighted by atomic mass is 19.3. The second-order valence-electron chi connectivity index (χ2n) is 7.20. The number of nitrogens with one attached hydrogen (secondary N) is 4. The summed E-state index contributed by atoms with van der Waals surface area (Å²) in [6.07, 6.45) is -0.249. The van der Waals surface area contributed by atoms with Gasteiger partial charge in [-0.15, -0.1) is 0 Å². The number of benzene rings is 2. The van der Waals surface area contributed by atoms with Crippen LogP contribution in [-0.4, -0.2) is 14.8 Å². The summed E-state index contributed by atoms with van der Waals surface area (Å²) in [5, 5.41) is 4.31. The average Bonchev–Trinajstić information content (AvgIpc) is 3.43. The molecule has 0 saturated carbocycles. The first-order valence-corrected chi connectivity index (χ1v) is 10.1. The van der Waals surface area contributed by atoms with Crippen molar-refractivity contribution in [3.8, 4) is 11.1 Å². The van der Waals surface area contributed by atoms with Gasteiger partial charge in [-0.1, -0.05) is 61.9 Å². The van der Waals surface area contributed by atoms with E-state index in [-0.39, 0.29) is 18.5 Å². The second-order valence-corrected chi connectivity index (χ2v) is 7.20. The molecule has 1 saturated heterocycles. The van der Waals surface area contributed by atoms with Crippen molar-refractivity contribution in [2.24, 2.45) is 0 Å². The maximum atomic E-state index is 13.4. The van der Waals surface area contributed by atoms with E-state index >= 15 is 0 Å². The molecule has 7 nitrogen and oxygen atoms in total. The lowest BCUT2D eigenvalue weighted by Gasteiger charge is -2.15. The molecule has 0 amide bonds. The Bertz CT molecular complexity index is 966. The van der Waals surface area contributed by atoms with Crippen molar-refractivity contribution in [1.29, 1.82) is 0 Å². The number of aromatic nitrogens is 3. The quantitative estimate of drug-likeness (QED) is 0.454. The zero-order chi connectivity index (χ0) is 20.9. The monoisotopic (exact) mass is 413 g/mol. The van der Waals surface area contributed by atoms with Gasteiger partial charge in [0.2, 0.25) is 0 Å². The van der Waals surface area contributed by atoms with E-state index < -0.39 is 6.43 Å². The molecule has 0 bridgehead atoms. The molecule has 4 N–H and O–H groups in total. The fourth-order valence-corrected chi connectivity index (χ4v) is 3.50. The van der Waals surface area contributed by atoms with E-state index in [1.807, 2.05) is 42.5 Å². The molecule has 4 rings (SSSR count). The van der Waals surface area contributed by atoms with Crippen LogP contribution in [0.25, 0.3) is 11.1 Å². The van der Waals surface area contributed by atoms with Gasteiger partial charge in [0.25, 0.3) is 6.43 Å². The van der Waals surface area contributed by atoms with Crippen LogP contribution in [0.4, 0.5) is 8.78 Å². The fourth-order valence-electron chi connectivity index (χ4n) is 3.50. The van der Waals surface area contributed by atoms with Crippen molar-refractivity contribution in [2.75, 3.05) is 0 Å². The first kappa shape index (κ1) is 20.5. The van der Waals surface area contributed by atoms with E-state index in [0.29, 0.717) is 12.2 Å². The predicted molar refractivity (Wildman–Crippen MR) is 110 cm³/mol. The van der Waals surface area contributed by atoms with E-state index in [1.54, 1.807) is 0 Å². The van der Waals surface area contributed by atoms with E-state index in [2.05, 4.69) is 45.0 Å². The number of nitrogens with zero attached hydrogens (tertiary/aromatic N) is 3. The van der Waals surface area contributed by atoms with Gasteiger partial charge in [-0.2, -0.15) is 16.2 Å². The molecule has 9 heteroatoms. The first-order chi connectivity index (χ1) is 14.7. The Morgan fingerprint density at radius 1 is 1.03 bits per heavy atom. The highest BCUT2D eigenvalue weighted by Gasteiger charge is 2.20. The molecule has 2 aromatic carbocycles. The standard InChI is InChI=1S/C21H25F2N7/c1-2-3-8-18-24-21(19(22)23)30(27-18)13-14-9-11-15(12-10-14)16-6-4-5-7-17(16)20-25-28-29-26-20/h4-7,9-12,19-20,25-26,28-29H,2-3,8,13H2,1H3. The van der Waals surface area contributed by atoms with Crippen molar-refractivity contribution in [2.45, 2.75) is 45.3 Å². The van der Waals surface area contributed by atoms with Gasteiger partial charge in [-0.05, 0) is 28.7 Å².